The number of rotatable bonds is 7. The Kier molecular flexibility index (Phi) is 6.87. The smallest absolute Gasteiger partial charge is 0.408 e. The molecule has 3 rings (SSSR count). The van der Waals surface area contributed by atoms with Crippen LogP contribution in [0.3, 0.4) is 0 Å². The Morgan fingerprint density at radius 3 is 2.57 bits per heavy atom. The molecule has 0 spiro atoms. The van der Waals surface area contributed by atoms with Gasteiger partial charge in [0, 0.05) is 13.0 Å². The zero-order valence-corrected chi connectivity index (χ0v) is 16.2. The van der Waals surface area contributed by atoms with Gasteiger partial charge in [0.05, 0.1) is 6.54 Å². The monoisotopic (exact) mass is 413 g/mol. The van der Waals surface area contributed by atoms with Gasteiger partial charge >= 0.3 is 6.09 Å². The van der Waals surface area contributed by atoms with Crippen molar-refractivity contribution >= 4 is 17.9 Å². The number of hydroxylamine groups is 1. The second-order valence-electron chi connectivity index (χ2n) is 6.91. The van der Waals surface area contributed by atoms with Crippen molar-refractivity contribution < 1.29 is 29.4 Å². The molecule has 0 aromatic heterocycles. The Balaban J connectivity index is 1.65. The lowest BCUT2D eigenvalue weighted by Crippen LogP contribution is -2.52. The van der Waals surface area contributed by atoms with Crippen LogP contribution in [0.15, 0.2) is 48.5 Å². The lowest BCUT2D eigenvalue weighted by atomic mass is 9.93. The van der Waals surface area contributed by atoms with Gasteiger partial charge in [-0.15, -0.1) is 0 Å². The van der Waals surface area contributed by atoms with E-state index in [-0.39, 0.29) is 25.5 Å². The summed E-state index contributed by atoms with van der Waals surface area (Å²) >= 11 is 0. The molecule has 0 saturated carbocycles. The number of carbonyl (C=O) groups is 3. The van der Waals surface area contributed by atoms with E-state index in [0.29, 0.717) is 24.3 Å². The van der Waals surface area contributed by atoms with Crippen molar-refractivity contribution in [3.05, 3.63) is 65.2 Å². The van der Waals surface area contributed by atoms with Gasteiger partial charge < -0.3 is 15.2 Å². The fraction of sp³-hybridized carbons (Fsp3) is 0.286. The number of hydrogen-bond acceptors (Lipinski definition) is 5. The first-order valence-corrected chi connectivity index (χ1v) is 9.46. The summed E-state index contributed by atoms with van der Waals surface area (Å²) in [5, 5.41) is 20.9. The number of carboxylic acid groups (broad SMARTS) is 1. The number of nitrogens with zero attached hydrogens (tertiary/aromatic N) is 1. The zero-order valence-electron chi connectivity index (χ0n) is 16.2. The molecule has 9 nitrogen and oxygen atoms in total. The number of nitrogens with one attached hydrogen (secondary N) is 2. The van der Waals surface area contributed by atoms with E-state index in [0.717, 1.165) is 16.0 Å². The second kappa shape index (κ2) is 9.75. The van der Waals surface area contributed by atoms with Gasteiger partial charge in [0.2, 0.25) is 5.91 Å². The van der Waals surface area contributed by atoms with Gasteiger partial charge in [-0.3, -0.25) is 19.7 Å². The third-order valence-electron chi connectivity index (χ3n) is 4.91. The van der Waals surface area contributed by atoms with E-state index in [1.807, 2.05) is 30.3 Å². The molecule has 0 bridgehead atoms. The molecule has 1 aliphatic rings. The third kappa shape index (κ3) is 5.26. The minimum Gasteiger partial charge on any atom is -0.484 e. The van der Waals surface area contributed by atoms with Crippen LogP contribution in [0.2, 0.25) is 0 Å². The predicted molar refractivity (Wildman–Crippen MR) is 106 cm³/mol. The minimum absolute atomic E-state index is 0.0326. The number of fused-ring (bicyclic) bond motifs is 1. The van der Waals surface area contributed by atoms with E-state index in [1.54, 1.807) is 18.2 Å². The van der Waals surface area contributed by atoms with E-state index in [2.05, 4.69) is 5.32 Å². The quantitative estimate of drug-likeness (QED) is 0.401. The summed E-state index contributed by atoms with van der Waals surface area (Å²) in [5.74, 6) is -0.667. The first kappa shape index (κ1) is 21.1. The summed E-state index contributed by atoms with van der Waals surface area (Å²) in [5.41, 5.74) is 4.10. The van der Waals surface area contributed by atoms with Gasteiger partial charge in [0.15, 0.2) is 6.61 Å². The summed E-state index contributed by atoms with van der Waals surface area (Å²) in [7, 11) is 0. The number of hydrogen-bond donors (Lipinski definition) is 4. The molecular formula is C21H23N3O6. The number of carbonyl (C=O) groups excluding carboxylic acids is 2. The van der Waals surface area contributed by atoms with Gasteiger partial charge in [-0.1, -0.05) is 36.4 Å². The van der Waals surface area contributed by atoms with Crippen molar-refractivity contribution in [2.45, 2.75) is 25.4 Å². The molecule has 3 amide bonds. The molecule has 0 aliphatic carbocycles. The van der Waals surface area contributed by atoms with E-state index in [9.17, 15) is 19.5 Å². The summed E-state index contributed by atoms with van der Waals surface area (Å²) in [6.45, 7) is 0.0780. The minimum atomic E-state index is -1.19. The molecule has 2 aromatic rings. The van der Waals surface area contributed by atoms with Crippen molar-refractivity contribution in [1.82, 2.24) is 15.7 Å². The Morgan fingerprint density at radius 2 is 1.87 bits per heavy atom. The number of amides is 3. The zero-order chi connectivity index (χ0) is 21.5. The van der Waals surface area contributed by atoms with Gasteiger partial charge in [0.25, 0.3) is 5.91 Å². The van der Waals surface area contributed by atoms with E-state index in [1.165, 1.54) is 5.48 Å². The van der Waals surface area contributed by atoms with Gasteiger partial charge in [0.1, 0.15) is 11.8 Å². The summed E-state index contributed by atoms with van der Waals surface area (Å²) < 4.78 is 5.27. The van der Waals surface area contributed by atoms with Gasteiger partial charge in [-0.25, -0.2) is 10.3 Å². The molecule has 30 heavy (non-hydrogen) atoms. The maximum Gasteiger partial charge on any atom is 0.408 e. The standard InChI is InChI=1S/C21H23N3O6/c25-19(23-29)13-30-17-7-6-15-11-18(24(21(27)28)12-16(15)10-17)20(26)22-9-8-14-4-2-1-3-5-14/h1-7,10,18,29H,8-9,11-13H2,(H,22,26)(H,23,25)(H,27,28). The highest BCUT2D eigenvalue weighted by Gasteiger charge is 2.34. The fourth-order valence-electron chi connectivity index (χ4n) is 3.36. The van der Waals surface area contributed by atoms with Gasteiger partial charge in [-0.05, 0) is 35.2 Å². The predicted octanol–water partition coefficient (Wildman–Crippen LogP) is 1.33. The highest BCUT2D eigenvalue weighted by Crippen LogP contribution is 2.27. The van der Waals surface area contributed by atoms with Gasteiger partial charge in [-0.2, -0.15) is 0 Å². The molecule has 2 aromatic carbocycles. The molecule has 9 heteroatoms. The SMILES string of the molecule is O=C(COc1ccc2c(c1)CN(C(=O)O)C(C(=O)NCCc1ccccc1)C2)NO. The highest BCUT2D eigenvalue weighted by molar-refractivity contribution is 5.86. The summed E-state index contributed by atoms with van der Waals surface area (Å²) in [6.07, 6.45) is -0.281. The normalized spacial score (nSPS) is 15.1. The average molecular weight is 413 g/mol. The topological polar surface area (TPSA) is 128 Å². The van der Waals surface area contributed by atoms with Crippen molar-refractivity contribution in [2.75, 3.05) is 13.2 Å². The van der Waals surface area contributed by atoms with Crippen LogP contribution in [0.5, 0.6) is 5.75 Å². The molecule has 0 saturated heterocycles. The van der Waals surface area contributed by atoms with Crippen LogP contribution in [0, 0.1) is 0 Å². The van der Waals surface area contributed by atoms with E-state index >= 15 is 0 Å². The Morgan fingerprint density at radius 1 is 1.10 bits per heavy atom. The van der Waals surface area contributed by atoms with Crippen molar-refractivity contribution in [3.63, 3.8) is 0 Å². The maximum atomic E-state index is 12.7. The van der Waals surface area contributed by atoms with Crippen LogP contribution in [0.25, 0.3) is 0 Å². The lowest BCUT2D eigenvalue weighted by Gasteiger charge is -2.34. The highest BCUT2D eigenvalue weighted by atomic mass is 16.5. The molecule has 0 fully saturated rings. The maximum absolute atomic E-state index is 12.7. The van der Waals surface area contributed by atoms with Crippen LogP contribution in [-0.4, -0.2) is 52.3 Å². The molecule has 4 N–H and O–H groups in total. The Bertz CT molecular complexity index is 918. The summed E-state index contributed by atoms with van der Waals surface area (Å²) in [4.78, 5) is 36.6. The van der Waals surface area contributed by atoms with Crippen molar-refractivity contribution in [2.24, 2.45) is 0 Å². The first-order chi connectivity index (χ1) is 14.5. The molecule has 1 aliphatic heterocycles. The molecule has 1 heterocycles. The number of benzene rings is 2. The summed E-state index contributed by atoms with van der Waals surface area (Å²) in [6, 6.07) is 13.9. The molecule has 1 atom stereocenters. The largest absolute Gasteiger partial charge is 0.484 e. The Labute approximate surface area is 173 Å². The van der Waals surface area contributed by atoms with Crippen LogP contribution < -0.4 is 15.5 Å². The first-order valence-electron chi connectivity index (χ1n) is 9.46. The molecule has 1 unspecified atom stereocenters. The molecule has 158 valence electrons. The fourth-order valence-corrected chi connectivity index (χ4v) is 3.36. The van der Waals surface area contributed by atoms with Crippen LogP contribution in [-0.2, 0) is 29.0 Å². The number of ether oxygens (including phenoxy) is 1. The Hall–Kier alpha value is -3.59. The van der Waals surface area contributed by atoms with Crippen LogP contribution in [0.4, 0.5) is 4.79 Å². The van der Waals surface area contributed by atoms with Crippen molar-refractivity contribution in [1.29, 1.82) is 0 Å². The van der Waals surface area contributed by atoms with E-state index < -0.39 is 18.0 Å². The molecule has 0 radical (unpaired) electrons. The van der Waals surface area contributed by atoms with Crippen LogP contribution >= 0.6 is 0 Å². The van der Waals surface area contributed by atoms with Crippen LogP contribution in [0.1, 0.15) is 16.7 Å². The van der Waals surface area contributed by atoms with Crippen molar-refractivity contribution in [3.8, 4) is 5.75 Å². The molecular weight excluding hydrogens is 390 g/mol. The second-order valence-corrected chi connectivity index (χ2v) is 6.91. The average Bonchev–Trinajstić information content (AvgIpc) is 2.76. The van der Waals surface area contributed by atoms with E-state index in [4.69, 9.17) is 9.94 Å². The lowest BCUT2D eigenvalue weighted by molar-refractivity contribution is -0.131. The third-order valence-corrected chi connectivity index (χ3v) is 4.91.